The zero-order valence-electron chi connectivity index (χ0n) is 11.6. The van der Waals surface area contributed by atoms with Crippen molar-refractivity contribution in [1.29, 1.82) is 0 Å². The fraction of sp³-hybridized carbons (Fsp3) is 0.176. The maximum atomic E-state index is 9.79. The number of fused-ring (bicyclic) bond motifs is 2. The van der Waals surface area contributed by atoms with Gasteiger partial charge in [-0.05, 0) is 29.7 Å². The van der Waals surface area contributed by atoms with Crippen LogP contribution in [0.2, 0.25) is 0 Å². The second-order valence-corrected chi connectivity index (χ2v) is 5.69. The van der Waals surface area contributed by atoms with Crippen LogP contribution in [0.1, 0.15) is 25.0 Å². The number of benzene rings is 2. The second kappa shape index (κ2) is 6.53. The van der Waals surface area contributed by atoms with E-state index in [9.17, 15) is 9.59 Å². The minimum absolute atomic E-state index is 0.380. The fourth-order valence-corrected chi connectivity index (χ4v) is 2.90. The van der Waals surface area contributed by atoms with Crippen molar-refractivity contribution in [2.75, 3.05) is 0 Å². The number of hydrogen-bond donors (Lipinski definition) is 0. The first-order valence-corrected chi connectivity index (χ1v) is 7.24. The van der Waals surface area contributed by atoms with Gasteiger partial charge in [0.05, 0.1) is 0 Å². The van der Waals surface area contributed by atoms with Crippen molar-refractivity contribution in [2.24, 2.45) is 0 Å². The zero-order chi connectivity index (χ0) is 14.5. The lowest BCUT2D eigenvalue weighted by atomic mass is 10.0. The summed E-state index contributed by atoms with van der Waals surface area (Å²) in [4.78, 5) is 22.4. The van der Waals surface area contributed by atoms with Crippen LogP contribution in [-0.2, 0) is 16.0 Å². The smallest absolute Gasteiger partial charge is 0.195 e. The Kier molecular flexibility index (Phi) is 4.74. The van der Waals surface area contributed by atoms with E-state index in [0.717, 1.165) is 6.42 Å². The maximum Gasteiger partial charge on any atom is 0.195 e. The molecule has 1 aliphatic heterocycles. The lowest BCUT2D eigenvalue weighted by Crippen LogP contribution is -2.01. The summed E-state index contributed by atoms with van der Waals surface area (Å²) >= 11 is 1.88. The van der Waals surface area contributed by atoms with Gasteiger partial charge in [-0.25, -0.2) is 0 Å². The molecule has 0 saturated heterocycles. The van der Waals surface area contributed by atoms with E-state index in [4.69, 9.17) is 0 Å². The van der Waals surface area contributed by atoms with E-state index < -0.39 is 0 Å². The minimum Gasteiger partial charge on any atom is -0.291 e. The summed E-state index contributed by atoms with van der Waals surface area (Å²) in [6.45, 7) is 2.50. The first-order chi connectivity index (χ1) is 9.58. The Balaban J connectivity index is 0.000000212. The molecule has 0 bridgehead atoms. The van der Waals surface area contributed by atoms with Crippen LogP contribution in [0.25, 0.3) is 0 Å². The van der Waals surface area contributed by atoms with Gasteiger partial charge in [-0.1, -0.05) is 48.2 Å². The van der Waals surface area contributed by atoms with Gasteiger partial charge in [0, 0.05) is 23.6 Å². The van der Waals surface area contributed by atoms with Gasteiger partial charge < -0.3 is 0 Å². The molecule has 0 radical (unpaired) electrons. The van der Waals surface area contributed by atoms with Crippen LogP contribution in [0, 0.1) is 0 Å². The highest BCUT2D eigenvalue weighted by molar-refractivity contribution is 7.99. The normalized spacial score (nSPS) is 11.5. The molecule has 2 aromatic carbocycles. The third kappa shape index (κ3) is 3.58. The van der Waals surface area contributed by atoms with Gasteiger partial charge >= 0.3 is 0 Å². The third-order valence-electron chi connectivity index (χ3n) is 3.04. The van der Waals surface area contributed by atoms with E-state index in [2.05, 4.69) is 48.5 Å². The van der Waals surface area contributed by atoms with Crippen molar-refractivity contribution in [3.63, 3.8) is 0 Å². The third-order valence-corrected chi connectivity index (χ3v) is 4.28. The fourth-order valence-electron chi connectivity index (χ4n) is 1.82. The number of hydrogen-bond acceptors (Lipinski definition) is 3. The predicted molar refractivity (Wildman–Crippen MR) is 81.2 cm³/mol. The van der Waals surface area contributed by atoms with Gasteiger partial charge in [-0.3, -0.25) is 9.59 Å². The van der Waals surface area contributed by atoms with E-state index >= 15 is 0 Å². The maximum absolute atomic E-state index is 9.79. The summed E-state index contributed by atoms with van der Waals surface area (Å²) < 4.78 is 0. The Labute approximate surface area is 123 Å². The first-order valence-electron chi connectivity index (χ1n) is 6.43. The highest BCUT2D eigenvalue weighted by Gasteiger charge is 2.13. The zero-order valence-corrected chi connectivity index (χ0v) is 12.4. The van der Waals surface area contributed by atoms with Gasteiger partial charge in [0.25, 0.3) is 0 Å². The van der Waals surface area contributed by atoms with Crippen LogP contribution >= 0.6 is 11.8 Å². The molecule has 2 aromatic rings. The van der Waals surface area contributed by atoms with Crippen LogP contribution in [-0.4, -0.2) is 11.6 Å². The average molecular weight is 284 g/mol. The molecule has 102 valence electrons. The van der Waals surface area contributed by atoms with Crippen molar-refractivity contribution < 1.29 is 9.59 Å². The molecule has 0 aliphatic carbocycles. The van der Waals surface area contributed by atoms with Crippen molar-refractivity contribution >= 4 is 23.3 Å². The molecular formula is C17H16O2S. The number of carbonyl (C=O) groups excluding carboxylic acids is 2. The Bertz CT molecular complexity index is 547. The molecular weight excluding hydrogens is 268 g/mol. The molecule has 0 N–H and O–H groups in total. The molecule has 0 amide bonds. The first kappa shape index (κ1) is 14.5. The molecule has 20 heavy (non-hydrogen) atoms. The number of ketones is 2. The summed E-state index contributed by atoms with van der Waals surface area (Å²) in [5.41, 5.74) is 2.91. The molecule has 0 saturated carbocycles. The van der Waals surface area contributed by atoms with E-state index in [1.165, 1.54) is 34.8 Å². The van der Waals surface area contributed by atoms with Gasteiger partial charge in [-0.15, -0.1) is 0 Å². The minimum atomic E-state index is -0.380. The highest BCUT2D eigenvalue weighted by Crippen LogP contribution is 2.38. The lowest BCUT2D eigenvalue weighted by Gasteiger charge is -2.17. The van der Waals surface area contributed by atoms with Gasteiger partial charge in [0.1, 0.15) is 0 Å². The number of rotatable bonds is 1. The molecule has 0 aromatic heterocycles. The molecule has 1 heterocycles. The molecule has 0 atom stereocenters. The summed E-state index contributed by atoms with van der Waals surface area (Å²) in [6, 6.07) is 17.3. The van der Waals surface area contributed by atoms with Gasteiger partial charge in [0.2, 0.25) is 0 Å². The van der Waals surface area contributed by atoms with Crippen LogP contribution in [0.15, 0.2) is 58.3 Å². The van der Waals surface area contributed by atoms with Crippen LogP contribution < -0.4 is 0 Å². The second-order valence-electron chi connectivity index (χ2n) is 4.61. The van der Waals surface area contributed by atoms with E-state index in [-0.39, 0.29) is 11.6 Å². The lowest BCUT2D eigenvalue weighted by molar-refractivity contribution is -0.134. The average Bonchev–Trinajstić information content (AvgIpc) is 2.45. The van der Waals surface area contributed by atoms with Crippen LogP contribution in [0.5, 0.6) is 0 Å². The Hall–Kier alpha value is -1.87. The van der Waals surface area contributed by atoms with Crippen LogP contribution in [0.4, 0.5) is 0 Å². The quantitative estimate of drug-likeness (QED) is 0.635. The molecule has 1 aliphatic rings. The van der Waals surface area contributed by atoms with Crippen molar-refractivity contribution in [3.8, 4) is 0 Å². The summed E-state index contributed by atoms with van der Waals surface area (Å²) in [6.07, 6.45) is 1.08. The van der Waals surface area contributed by atoms with Crippen molar-refractivity contribution in [3.05, 3.63) is 59.7 Å². The monoisotopic (exact) mass is 284 g/mol. The topological polar surface area (TPSA) is 34.1 Å². The molecule has 0 spiro atoms. The summed E-state index contributed by atoms with van der Waals surface area (Å²) in [7, 11) is 0. The summed E-state index contributed by atoms with van der Waals surface area (Å²) in [5, 5.41) is 0. The number of Topliss-reactive ketones (excluding diaryl/α,β-unsaturated/α-hetero) is 2. The van der Waals surface area contributed by atoms with E-state index in [1.54, 1.807) is 0 Å². The highest BCUT2D eigenvalue weighted by atomic mass is 32.2. The molecule has 0 unspecified atom stereocenters. The Morgan fingerprint density at radius 2 is 1.20 bits per heavy atom. The molecule has 2 nitrogen and oxygen atoms in total. The van der Waals surface area contributed by atoms with E-state index in [0.29, 0.717) is 0 Å². The number of carbonyl (C=O) groups is 2. The standard InChI is InChI=1S/C13H10S.C4H6O2/c1-3-7-12-10(5-1)9-11-6-2-4-8-13(11)14-12;1-3(5)4(2)6/h1-8H,9H2;1-2H3. The molecule has 3 heteroatoms. The Morgan fingerprint density at radius 3 is 1.60 bits per heavy atom. The largest absolute Gasteiger partial charge is 0.291 e. The summed E-state index contributed by atoms with van der Waals surface area (Å²) in [5.74, 6) is -0.759. The molecule has 0 fully saturated rings. The van der Waals surface area contributed by atoms with Gasteiger partial charge in [-0.2, -0.15) is 0 Å². The predicted octanol–water partition coefficient (Wildman–Crippen LogP) is 3.91. The van der Waals surface area contributed by atoms with Crippen molar-refractivity contribution in [1.82, 2.24) is 0 Å². The van der Waals surface area contributed by atoms with E-state index in [1.807, 2.05) is 11.8 Å². The van der Waals surface area contributed by atoms with Crippen molar-refractivity contribution in [2.45, 2.75) is 30.1 Å². The SMILES string of the molecule is CC(=O)C(C)=O.c1ccc2c(c1)Cc1ccccc1S2. The Morgan fingerprint density at radius 1 is 0.800 bits per heavy atom. The molecule has 3 rings (SSSR count). The van der Waals surface area contributed by atoms with Crippen LogP contribution in [0.3, 0.4) is 0 Å². The van der Waals surface area contributed by atoms with Gasteiger partial charge in [0.15, 0.2) is 11.6 Å².